The van der Waals surface area contributed by atoms with Gasteiger partial charge in [-0.05, 0) is 69.0 Å². The molecule has 6 rings (SSSR count). The van der Waals surface area contributed by atoms with Gasteiger partial charge in [-0.15, -0.1) is 0 Å². The van der Waals surface area contributed by atoms with E-state index in [9.17, 15) is 14.4 Å². The van der Waals surface area contributed by atoms with Gasteiger partial charge in [0.15, 0.2) is 11.6 Å². The second-order valence-corrected chi connectivity index (χ2v) is 11.6. The molecule has 0 radical (unpaired) electrons. The summed E-state index contributed by atoms with van der Waals surface area (Å²) >= 11 is 24.5. The zero-order valence-corrected chi connectivity index (χ0v) is 23.3. The fourth-order valence-electron chi connectivity index (χ4n) is 4.91. The number of nitrogens with one attached hydrogen (secondary N) is 1. The van der Waals surface area contributed by atoms with Crippen LogP contribution in [-0.2, 0) is 17.6 Å². The summed E-state index contributed by atoms with van der Waals surface area (Å²) in [7, 11) is 0. The van der Waals surface area contributed by atoms with Gasteiger partial charge in [0, 0.05) is 29.1 Å². The highest BCUT2D eigenvalue weighted by molar-refractivity contribution is 6.46. The molecular formula is C27H22Cl4N2O4. The van der Waals surface area contributed by atoms with E-state index >= 15 is 0 Å². The van der Waals surface area contributed by atoms with Crippen molar-refractivity contribution >= 4 is 85.9 Å². The molecular weight excluding hydrogens is 558 g/mol. The van der Waals surface area contributed by atoms with Crippen LogP contribution in [-0.4, -0.2) is 32.8 Å². The molecule has 0 saturated heterocycles. The summed E-state index contributed by atoms with van der Waals surface area (Å²) in [6, 6.07) is 6.91. The van der Waals surface area contributed by atoms with Gasteiger partial charge in [-0.1, -0.05) is 46.4 Å². The molecule has 0 amide bonds. The number of H-pyrrole nitrogens is 1. The van der Waals surface area contributed by atoms with Crippen LogP contribution in [0.4, 0.5) is 4.79 Å². The van der Waals surface area contributed by atoms with Crippen molar-refractivity contribution in [1.82, 2.24) is 9.55 Å². The third kappa shape index (κ3) is 4.44. The highest BCUT2D eigenvalue weighted by atomic mass is 35.5. The largest absolute Gasteiger partial charge is 0.443 e. The first-order valence-corrected chi connectivity index (χ1v) is 13.2. The standard InChI is InChI=1S/C16H15Cl2NO3.C11H7Cl2NO/c1-16(2,3)22-15(21)19-10-6-5-9(17)13(18)12(10)8-4-7-11(20)14(8)19;12-6-2-3-7-9(10(6)13)5-1-4-8(15)11(5)14-7/h5-6H,4,7H2,1-3H3;2-3,14H,1,4H2. The van der Waals surface area contributed by atoms with Gasteiger partial charge in [0.2, 0.25) is 0 Å². The number of hydrogen-bond donors (Lipinski definition) is 1. The van der Waals surface area contributed by atoms with Crippen LogP contribution in [0.1, 0.15) is 65.7 Å². The van der Waals surface area contributed by atoms with Crippen molar-refractivity contribution in [2.45, 2.75) is 52.1 Å². The van der Waals surface area contributed by atoms with Gasteiger partial charge in [0.25, 0.3) is 0 Å². The minimum Gasteiger partial charge on any atom is -0.443 e. The van der Waals surface area contributed by atoms with E-state index < -0.39 is 11.7 Å². The molecule has 0 spiro atoms. The number of ketones is 2. The van der Waals surface area contributed by atoms with Crippen LogP contribution >= 0.6 is 46.4 Å². The van der Waals surface area contributed by atoms with Gasteiger partial charge in [0.1, 0.15) is 5.60 Å². The lowest BCUT2D eigenvalue weighted by Crippen LogP contribution is -2.28. The van der Waals surface area contributed by atoms with Crippen molar-refractivity contribution in [3.05, 3.63) is 66.9 Å². The number of nitrogens with zero attached hydrogens (tertiary/aromatic N) is 1. The molecule has 37 heavy (non-hydrogen) atoms. The predicted octanol–water partition coefficient (Wildman–Crippen LogP) is 8.46. The number of hydrogen-bond acceptors (Lipinski definition) is 4. The molecule has 0 unspecified atom stereocenters. The molecule has 0 bridgehead atoms. The predicted molar refractivity (Wildman–Crippen MR) is 147 cm³/mol. The van der Waals surface area contributed by atoms with E-state index in [1.54, 1.807) is 39.0 Å². The van der Waals surface area contributed by atoms with Gasteiger partial charge in [-0.25, -0.2) is 9.36 Å². The van der Waals surface area contributed by atoms with Crippen LogP contribution in [0.25, 0.3) is 21.8 Å². The quantitative estimate of drug-likeness (QED) is 0.226. The average Bonchev–Trinajstić information content (AvgIpc) is 3.55. The minimum absolute atomic E-state index is 0.0794. The summed E-state index contributed by atoms with van der Waals surface area (Å²) in [5.41, 5.74) is 3.66. The third-order valence-corrected chi connectivity index (χ3v) is 8.01. The van der Waals surface area contributed by atoms with Crippen LogP contribution < -0.4 is 0 Å². The van der Waals surface area contributed by atoms with Crippen LogP contribution in [0.2, 0.25) is 20.1 Å². The lowest BCUT2D eigenvalue weighted by Gasteiger charge is -2.20. The van der Waals surface area contributed by atoms with Crippen LogP contribution in [0.3, 0.4) is 0 Å². The van der Waals surface area contributed by atoms with Crippen molar-refractivity contribution in [3.63, 3.8) is 0 Å². The van der Waals surface area contributed by atoms with Gasteiger partial charge in [0.05, 0.1) is 37.0 Å². The zero-order chi connectivity index (χ0) is 26.8. The monoisotopic (exact) mass is 578 g/mol. The second-order valence-electron chi connectivity index (χ2n) is 10.0. The van der Waals surface area contributed by atoms with E-state index in [2.05, 4.69) is 4.98 Å². The molecule has 2 heterocycles. The molecule has 2 aromatic carbocycles. The number of aryl methyl sites for hydroxylation is 2. The number of ether oxygens (including phenoxy) is 1. The normalized spacial score (nSPS) is 14.7. The summed E-state index contributed by atoms with van der Waals surface area (Å²) in [6.07, 6.45) is 1.67. The zero-order valence-electron chi connectivity index (χ0n) is 20.2. The second kappa shape index (κ2) is 9.35. The topological polar surface area (TPSA) is 81.2 Å². The van der Waals surface area contributed by atoms with E-state index in [1.807, 2.05) is 6.07 Å². The Morgan fingerprint density at radius 1 is 0.838 bits per heavy atom. The van der Waals surface area contributed by atoms with Crippen molar-refractivity contribution in [2.24, 2.45) is 0 Å². The SMILES string of the molecule is CC(C)(C)OC(=O)n1c2c(c3c(Cl)c(Cl)ccc31)CCC2=O.O=C1CCc2c1[nH]c1ccc(Cl)c(Cl)c21. The number of carbonyl (C=O) groups is 3. The fraction of sp³-hybridized carbons (Fsp3) is 0.296. The lowest BCUT2D eigenvalue weighted by atomic mass is 10.1. The summed E-state index contributed by atoms with van der Waals surface area (Å²) in [4.78, 5) is 39.4. The fourth-order valence-corrected chi connectivity index (χ4v) is 5.78. The first-order valence-electron chi connectivity index (χ1n) is 11.7. The summed E-state index contributed by atoms with van der Waals surface area (Å²) in [5.74, 6) is 0.0811. The molecule has 10 heteroatoms. The van der Waals surface area contributed by atoms with E-state index in [4.69, 9.17) is 51.1 Å². The smallest absolute Gasteiger partial charge is 0.419 e. The molecule has 0 aliphatic heterocycles. The lowest BCUT2D eigenvalue weighted by molar-refractivity contribution is 0.0536. The van der Waals surface area contributed by atoms with Crippen molar-refractivity contribution in [2.75, 3.05) is 0 Å². The number of carbonyl (C=O) groups excluding carboxylic acids is 3. The van der Waals surface area contributed by atoms with Gasteiger partial charge >= 0.3 is 6.09 Å². The van der Waals surface area contributed by atoms with Crippen molar-refractivity contribution < 1.29 is 19.1 Å². The molecule has 0 atom stereocenters. The molecule has 2 aromatic heterocycles. The number of benzene rings is 2. The van der Waals surface area contributed by atoms with E-state index in [1.165, 1.54) is 4.57 Å². The highest BCUT2D eigenvalue weighted by Crippen LogP contribution is 2.41. The maximum atomic E-state index is 12.5. The molecule has 192 valence electrons. The third-order valence-electron chi connectivity index (χ3n) is 6.41. The summed E-state index contributed by atoms with van der Waals surface area (Å²) in [6.45, 7) is 5.34. The highest BCUT2D eigenvalue weighted by Gasteiger charge is 2.34. The Balaban J connectivity index is 0.000000162. The summed E-state index contributed by atoms with van der Waals surface area (Å²) in [5, 5.41) is 3.42. The number of halogens is 4. The molecule has 0 fully saturated rings. The van der Waals surface area contributed by atoms with Crippen LogP contribution in [0.5, 0.6) is 0 Å². The molecule has 2 aliphatic rings. The van der Waals surface area contributed by atoms with E-state index in [0.717, 1.165) is 28.5 Å². The van der Waals surface area contributed by atoms with E-state index in [-0.39, 0.29) is 11.6 Å². The first-order chi connectivity index (χ1) is 17.4. The molecule has 4 aromatic rings. The summed E-state index contributed by atoms with van der Waals surface area (Å²) < 4.78 is 6.76. The minimum atomic E-state index is -0.654. The Kier molecular flexibility index (Phi) is 6.60. The van der Waals surface area contributed by atoms with E-state index in [0.29, 0.717) is 61.6 Å². The Bertz CT molecular complexity index is 1640. The van der Waals surface area contributed by atoms with Crippen molar-refractivity contribution in [3.8, 4) is 0 Å². The van der Waals surface area contributed by atoms with Gasteiger partial charge < -0.3 is 9.72 Å². The van der Waals surface area contributed by atoms with Gasteiger partial charge in [-0.2, -0.15) is 0 Å². The Morgan fingerprint density at radius 2 is 1.43 bits per heavy atom. The molecule has 0 saturated carbocycles. The van der Waals surface area contributed by atoms with Crippen molar-refractivity contribution in [1.29, 1.82) is 0 Å². The molecule has 2 aliphatic carbocycles. The first kappa shape index (κ1) is 26.1. The Morgan fingerprint density at radius 3 is 2.11 bits per heavy atom. The maximum absolute atomic E-state index is 12.5. The number of rotatable bonds is 0. The van der Waals surface area contributed by atoms with Crippen LogP contribution in [0, 0.1) is 0 Å². The molecule has 1 N–H and O–H groups in total. The number of fused-ring (bicyclic) bond motifs is 6. The number of aromatic amines is 1. The van der Waals surface area contributed by atoms with Gasteiger partial charge in [-0.3, -0.25) is 9.59 Å². The Hall–Kier alpha value is -2.51. The number of aromatic nitrogens is 2. The maximum Gasteiger partial charge on any atom is 0.419 e. The number of Topliss-reactive ketones (excluding diaryl/α,β-unsaturated/α-hetero) is 2. The molecule has 6 nitrogen and oxygen atoms in total. The average molecular weight is 580 g/mol. The van der Waals surface area contributed by atoms with Crippen LogP contribution in [0.15, 0.2) is 24.3 Å². The Labute approximate surface area is 232 Å².